The van der Waals surface area contributed by atoms with Crippen LogP contribution in [0.25, 0.3) is 0 Å². The van der Waals surface area contributed by atoms with E-state index in [9.17, 15) is 9.59 Å². The Morgan fingerprint density at radius 3 is 2.85 bits per heavy atom. The molecule has 0 aliphatic carbocycles. The summed E-state index contributed by atoms with van der Waals surface area (Å²) >= 11 is 4.53. The Kier molecular flexibility index (Phi) is 4.40. The Bertz CT molecular complexity index is 718. The van der Waals surface area contributed by atoms with E-state index in [0.717, 1.165) is 4.47 Å². The van der Waals surface area contributed by atoms with Crippen LogP contribution in [0.4, 0.5) is 11.5 Å². The van der Waals surface area contributed by atoms with Crippen LogP contribution in [0.3, 0.4) is 0 Å². The lowest BCUT2D eigenvalue weighted by atomic mass is 10.3. The standard InChI is InChI=1S/C11H10BrN5O2S/c1-20-11-16-9(7(8(13)18)10(19)17-11)15-6-2-5(12)3-14-4-6/h2-4H,1H3,(H2,13,18)(H2,15,16,17,19). The van der Waals surface area contributed by atoms with E-state index in [1.54, 1.807) is 18.5 Å². The van der Waals surface area contributed by atoms with E-state index >= 15 is 0 Å². The second-order valence-electron chi connectivity index (χ2n) is 3.68. The number of nitrogens with two attached hydrogens (primary N) is 1. The summed E-state index contributed by atoms with van der Waals surface area (Å²) in [5, 5.41) is 3.25. The van der Waals surface area contributed by atoms with Gasteiger partial charge in [-0.1, -0.05) is 11.8 Å². The Labute approximate surface area is 126 Å². The molecule has 0 aliphatic heterocycles. The molecule has 0 saturated heterocycles. The van der Waals surface area contributed by atoms with Crippen molar-refractivity contribution in [1.29, 1.82) is 0 Å². The van der Waals surface area contributed by atoms with Gasteiger partial charge in [0.2, 0.25) is 0 Å². The van der Waals surface area contributed by atoms with Gasteiger partial charge in [0.15, 0.2) is 11.0 Å². The molecule has 0 bridgehead atoms. The van der Waals surface area contributed by atoms with Crippen LogP contribution >= 0.6 is 27.7 Å². The van der Waals surface area contributed by atoms with Crippen LogP contribution in [0.5, 0.6) is 0 Å². The van der Waals surface area contributed by atoms with Crippen molar-refractivity contribution in [2.24, 2.45) is 5.73 Å². The van der Waals surface area contributed by atoms with Crippen LogP contribution in [-0.4, -0.2) is 27.1 Å². The molecule has 2 heterocycles. The monoisotopic (exact) mass is 355 g/mol. The third kappa shape index (κ3) is 3.17. The number of aromatic nitrogens is 3. The number of thioether (sulfide) groups is 1. The molecular formula is C11H10BrN5O2S. The average molecular weight is 356 g/mol. The minimum absolute atomic E-state index is 0.102. The number of pyridine rings is 1. The minimum atomic E-state index is -0.850. The van der Waals surface area contributed by atoms with Crippen LogP contribution in [0.2, 0.25) is 0 Å². The topological polar surface area (TPSA) is 114 Å². The molecule has 2 rings (SSSR count). The number of carbonyl (C=O) groups excluding carboxylic acids is 1. The van der Waals surface area contributed by atoms with Gasteiger partial charge in [0.1, 0.15) is 5.56 Å². The Hall–Kier alpha value is -1.87. The number of nitrogens with one attached hydrogen (secondary N) is 2. The first-order valence-corrected chi connectivity index (χ1v) is 7.38. The molecule has 1 amide bonds. The average Bonchev–Trinajstić information content (AvgIpc) is 2.37. The van der Waals surface area contributed by atoms with Gasteiger partial charge in [-0.25, -0.2) is 4.98 Å². The third-order valence-corrected chi connectivity index (χ3v) is 3.32. The highest BCUT2D eigenvalue weighted by Gasteiger charge is 2.16. The molecular weight excluding hydrogens is 346 g/mol. The van der Waals surface area contributed by atoms with Gasteiger partial charge in [-0.2, -0.15) is 0 Å². The van der Waals surface area contributed by atoms with Crippen LogP contribution in [0.1, 0.15) is 10.4 Å². The molecule has 4 N–H and O–H groups in total. The number of halogens is 1. The lowest BCUT2D eigenvalue weighted by molar-refractivity contribution is 0.0999. The number of H-pyrrole nitrogens is 1. The molecule has 0 aromatic carbocycles. The molecule has 7 nitrogen and oxygen atoms in total. The Balaban J connectivity index is 2.51. The maximum Gasteiger partial charge on any atom is 0.266 e. The normalized spacial score (nSPS) is 10.3. The van der Waals surface area contributed by atoms with Crippen molar-refractivity contribution in [3.8, 4) is 0 Å². The van der Waals surface area contributed by atoms with Crippen molar-refractivity contribution in [3.63, 3.8) is 0 Å². The Morgan fingerprint density at radius 2 is 2.25 bits per heavy atom. The fourth-order valence-corrected chi connectivity index (χ4v) is 2.23. The zero-order valence-electron chi connectivity index (χ0n) is 10.3. The van der Waals surface area contributed by atoms with E-state index in [2.05, 4.69) is 36.2 Å². The summed E-state index contributed by atoms with van der Waals surface area (Å²) in [6.45, 7) is 0. The summed E-state index contributed by atoms with van der Waals surface area (Å²) in [4.78, 5) is 33.8. The summed E-state index contributed by atoms with van der Waals surface area (Å²) in [6.07, 6.45) is 4.91. The molecule has 0 fully saturated rings. The van der Waals surface area contributed by atoms with Crippen LogP contribution < -0.4 is 16.6 Å². The van der Waals surface area contributed by atoms with Crippen molar-refractivity contribution in [1.82, 2.24) is 15.0 Å². The summed E-state index contributed by atoms with van der Waals surface area (Å²) in [5.74, 6) is -0.748. The molecule has 20 heavy (non-hydrogen) atoms. The largest absolute Gasteiger partial charge is 0.365 e. The summed E-state index contributed by atoms with van der Waals surface area (Å²) in [6, 6.07) is 1.74. The third-order valence-electron chi connectivity index (χ3n) is 2.31. The first-order valence-electron chi connectivity index (χ1n) is 5.37. The van der Waals surface area contributed by atoms with Crippen molar-refractivity contribution in [2.75, 3.05) is 11.6 Å². The predicted octanol–water partition coefficient (Wildman–Crippen LogP) is 1.49. The Morgan fingerprint density at radius 1 is 1.50 bits per heavy atom. The molecule has 2 aromatic rings. The van der Waals surface area contributed by atoms with E-state index in [4.69, 9.17) is 5.73 Å². The first kappa shape index (κ1) is 14.5. The van der Waals surface area contributed by atoms with Crippen LogP contribution in [-0.2, 0) is 0 Å². The molecule has 0 radical (unpaired) electrons. The number of nitrogens with zero attached hydrogens (tertiary/aromatic N) is 2. The van der Waals surface area contributed by atoms with Gasteiger partial charge in [-0.05, 0) is 28.3 Å². The summed E-state index contributed by atoms with van der Waals surface area (Å²) in [7, 11) is 0. The highest BCUT2D eigenvalue weighted by atomic mass is 79.9. The van der Waals surface area contributed by atoms with Crippen molar-refractivity contribution < 1.29 is 4.79 Å². The number of hydrogen-bond donors (Lipinski definition) is 3. The van der Waals surface area contributed by atoms with E-state index in [1.807, 2.05) is 0 Å². The van der Waals surface area contributed by atoms with Crippen molar-refractivity contribution in [2.45, 2.75) is 5.16 Å². The second-order valence-corrected chi connectivity index (χ2v) is 5.39. The van der Waals surface area contributed by atoms with Gasteiger partial charge in [0.25, 0.3) is 11.5 Å². The van der Waals surface area contributed by atoms with Gasteiger partial charge >= 0.3 is 0 Å². The number of primary amides is 1. The van der Waals surface area contributed by atoms with Crippen molar-refractivity contribution in [3.05, 3.63) is 38.9 Å². The predicted molar refractivity (Wildman–Crippen MR) is 80.4 cm³/mol. The first-order chi connectivity index (χ1) is 9.51. The molecule has 9 heteroatoms. The number of aromatic amines is 1. The van der Waals surface area contributed by atoms with Gasteiger partial charge in [0, 0.05) is 10.7 Å². The molecule has 104 valence electrons. The van der Waals surface area contributed by atoms with Gasteiger partial charge in [0.05, 0.1) is 11.9 Å². The quantitative estimate of drug-likeness (QED) is 0.565. The lowest BCUT2D eigenvalue weighted by Gasteiger charge is -2.09. The lowest BCUT2D eigenvalue weighted by Crippen LogP contribution is -2.26. The second kappa shape index (κ2) is 6.06. The molecule has 0 atom stereocenters. The highest BCUT2D eigenvalue weighted by molar-refractivity contribution is 9.10. The fourth-order valence-electron chi connectivity index (χ4n) is 1.49. The zero-order valence-corrected chi connectivity index (χ0v) is 12.7. The zero-order chi connectivity index (χ0) is 14.7. The highest BCUT2D eigenvalue weighted by Crippen LogP contribution is 2.20. The van der Waals surface area contributed by atoms with E-state index < -0.39 is 11.5 Å². The smallest absolute Gasteiger partial charge is 0.266 e. The number of carbonyl (C=O) groups is 1. The van der Waals surface area contributed by atoms with Gasteiger partial charge in [-0.3, -0.25) is 14.6 Å². The maximum atomic E-state index is 11.8. The molecule has 0 saturated carbocycles. The van der Waals surface area contributed by atoms with Crippen LogP contribution in [0.15, 0.2) is 32.9 Å². The van der Waals surface area contributed by atoms with E-state index in [0.29, 0.717) is 10.8 Å². The number of anilines is 2. The van der Waals surface area contributed by atoms with E-state index in [1.165, 1.54) is 18.0 Å². The SMILES string of the molecule is CSc1nc(Nc2cncc(Br)c2)c(C(N)=O)c(=O)[nH]1. The molecule has 0 spiro atoms. The maximum absolute atomic E-state index is 11.8. The summed E-state index contributed by atoms with van der Waals surface area (Å²) < 4.78 is 0.748. The number of amides is 1. The molecule has 0 aliphatic rings. The number of rotatable bonds is 4. The van der Waals surface area contributed by atoms with Crippen molar-refractivity contribution >= 4 is 45.1 Å². The summed E-state index contributed by atoms with van der Waals surface area (Å²) in [5.41, 5.74) is 4.99. The molecule has 2 aromatic heterocycles. The fraction of sp³-hybridized carbons (Fsp3) is 0.0909. The minimum Gasteiger partial charge on any atom is -0.365 e. The van der Waals surface area contributed by atoms with Gasteiger partial charge in [-0.15, -0.1) is 0 Å². The molecule has 0 unspecified atom stereocenters. The number of hydrogen-bond acceptors (Lipinski definition) is 6. The van der Waals surface area contributed by atoms with Crippen LogP contribution in [0, 0.1) is 0 Å². The van der Waals surface area contributed by atoms with Gasteiger partial charge < -0.3 is 16.0 Å². The van der Waals surface area contributed by atoms with E-state index in [-0.39, 0.29) is 11.4 Å².